The summed E-state index contributed by atoms with van der Waals surface area (Å²) in [6, 6.07) is 5.13. The smallest absolute Gasteiger partial charge is 0.341 e. The van der Waals surface area contributed by atoms with E-state index in [0.717, 1.165) is 12.8 Å². The van der Waals surface area contributed by atoms with Crippen LogP contribution in [0.4, 0.5) is 5.69 Å². The molecule has 4 heteroatoms. The summed E-state index contributed by atoms with van der Waals surface area (Å²) < 4.78 is 11.0. The van der Waals surface area contributed by atoms with Crippen LogP contribution in [0, 0.1) is 0 Å². The van der Waals surface area contributed by atoms with Crippen LogP contribution in [0.2, 0.25) is 0 Å². The summed E-state index contributed by atoms with van der Waals surface area (Å²) in [5.74, 6) is 0.208. The Kier molecular flexibility index (Phi) is 4.66. The largest absolute Gasteiger partial charge is 0.490 e. The Bertz CT molecular complexity index is 439. The SMILES string of the molecule is CCOC(=O)c1cc(N)ccc1OC1CCCCC1. The van der Waals surface area contributed by atoms with E-state index in [1.807, 2.05) is 0 Å². The molecule has 1 saturated carbocycles. The number of rotatable bonds is 4. The van der Waals surface area contributed by atoms with Crippen LogP contribution in [0.25, 0.3) is 0 Å². The topological polar surface area (TPSA) is 61.5 Å². The predicted octanol–water partition coefficient (Wildman–Crippen LogP) is 3.16. The molecule has 0 saturated heterocycles. The highest BCUT2D eigenvalue weighted by atomic mass is 16.5. The lowest BCUT2D eigenvalue weighted by atomic mass is 9.97. The molecule has 1 aromatic carbocycles. The Morgan fingerprint density at radius 1 is 1.32 bits per heavy atom. The zero-order chi connectivity index (χ0) is 13.7. The molecule has 0 unspecified atom stereocenters. The molecule has 1 aromatic rings. The summed E-state index contributed by atoms with van der Waals surface area (Å²) in [6.07, 6.45) is 5.94. The molecule has 1 aliphatic carbocycles. The molecule has 1 fully saturated rings. The fourth-order valence-corrected chi connectivity index (χ4v) is 2.38. The number of hydrogen-bond donors (Lipinski definition) is 1. The number of nitrogens with two attached hydrogens (primary N) is 1. The van der Waals surface area contributed by atoms with Crippen molar-refractivity contribution in [3.8, 4) is 5.75 Å². The van der Waals surface area contributed by atoms with Crippen molar-refractivity contribution in [1.29, 1.82) is 0 Å². The predicted molar refractivity (Wildman–Crippen MR) is 74.3 cm³/mol. The number of hydrogen-bond acceptors (Lipinski definition) is 4. The van der Waals surface area contributed by atoms with Crippen LogP contribution < -0.4 is 10.5 Å². The van der Waals surface area contributed by atoms with Gasteiger partial charge in [-0.05, 0) is 50.8 Å². The molecule has 1 aliphatic rings. The lowest BCUT2D eigenvalue weighted by molar-refractivity contribution is 0.0516. The maximum atomic E-state index is 11.9. The molecular formula is C15H21NO3. The van der Waals surface area contributed by atoms with Crippen LogP contribution >= 0.6 is 0 Å². The number of anilines is 1. The zero-order valence-corrected chi connectivity index (χ0v) is 11.4. The van der Waals surface area contributed by atoms with Crippen LogP contribution in [-0.2, 0) is 4.74 Å². The van der Waals surface area contributed by atoms with Gasteiger partial charge in [0, 0.05) is 5.69 Å². The number of carbonyl (C=O) groups excluding carboxylic acids is 1. The van der Waals surface area contributed by atoms with Crippen molar-refractivity contribution in [3.63, 3.8) is 0 Å². The molecule has 19 heavy (non-hydrogen) atoms. The van der Waals surface area contributed by atoms with Crippen LogP contribution in [0.5, 0.6) is 5.75 Å². The average Bonchev–Trinajstić information content (AvgIpc) is 2.42. The van der Waals surface area contributed by atoms with E-state index >= 15 is 0 Å². The van der Waals surface area contributed by atoms with Crippen molar-refractivity contribution in [2.45, 2.75) is 45.1 Å². The minimum Gasteiger partial charge on any atom is -0.490 e. The maximum Gasteiger partial charge on any atom is 0.341 e. The summed E-state index contributed by atoms with van der Waals surface area (Å²) >= 11 is 0. The van der Waals surface area contributed by atoms with E-state index in [2.05, 4.69) is 0 Å². The summed E-state index contributed by atoms with van der Waals surface area (Å²) in [5, 5.41) is 0. The second kappa shape index (κ2) is 6.45. The highest BCUT2D eigenvalue weighted by molar-refractivity contribution is 5.93. The number of benzene rings is 1. The van der Waals surface area contributed by atoms with E-state index in [1.54, 1.807) is 25.1 Å². The number of nitrogen functional groups attached to an aromatic ring is 1. The van der Waals surface area contributed by atoms with Crippen molar-refractivity contribution in [3.05, 3.63) is 23.8 Å². The minimum atomic E-state index is -0.374. The van der Waals surface area contributed by atoms with E-state index in [-0.39, 0.29) is 12.1 Å². The summed E-state index contributed by atoms with van der Waals surface area (Å²) in [4.78, 5) is 11.9. The van der Waals surface area contributed by atoms with Crippen LogP contribution in [0.3, 0.4) is 0 Å². The van der Waals surface area contributed by atoms with Gasteiger partial charge in [-0.3, -0.25) is 0 Å². The first kappa shape index (κ1) is 13.7. The normalized spacial score (nSPS) is 16.1. The van der Waals surface area contributed by atoms with Gasteiger partial charge in [0.15, 0.2) is 0 Å². The number of esters is 1. The van der Waals surface area contributed by atoms with E-state index < -0.39 is 0 Å². The molecule has 2 N–H and O–H groups in total. The molecule has 0 aromatic heterocycles. The van der Waals surface area contributed by atoms with Gasteiger partial charge in [-0.1, -0.05) is 6.42 Å². The highest BCUT2D eigenvalue weighted by Crippen LogP contribution is 2.28. The Morgan fingerprint density at radius 2 is 2.05 bits per heavy atom. The summed E-state index contributed by atoms with van der Waals surface area (Å²) in [5.41, 5.74) is 6.70. The molecule has 104 valence electrons. The lowest BCUT2D eigenvalue weighted by Gasteiger charge is -2.24. The fraction of sp³-hybridized carbons (Fsp3) is 0.533. The van der Waals surface area contributed by atoms with Gasteiger partial charge in [-0.25, -0.2) is 4.79 Å². The second-order valence-corrected chi connectivity index (χ2v) is 4.85. The number of carbonyl (C=O) groups is 1. The van der Waals surface area contributed by atoms with Gasteiger partial charge >= 0.3 is 5.97 Å². The highest BCUT2D eigenvalue weighted by Gasteiger charge is 2.19. The van der Waals surface area contributed by atoms with Crippen molar-refractivity contribution in [2.24, 2.45) is 0 Å². The lowest BCUT2D eigenvalue weighted by Crippen LogP contribution is -2.21. The molecule has 4 nitrogen and oxygen atoms in total. The Morgan fingerprint density at radius 3 is 2.74 bits per heavy atom. The summed E-state index contributed by atoms with van der Waals surface area (Å²) in [7, 11) is 0. The minimum absolute atomic E-state index is 0.200. The third-order valence-electron chi connectivity index (χ3n) is 3.34. The van der Waals surface area contributed by atoms with Gasteiger partial charge in [-0.15, -0.1) is 0 Å². The molecule has 0 amide bonds. The van der Waals surface area contributed by atoms with Crippen LogP contribution in [0.15, 0.2) is 18.2 Å². The molecule has 0 aliphatic heterocycles. The van der Waals surface area contributed by atoms with Gasteiger partial charge in [0.2, 0.25) is 0 Å². The molecule has 0 radical (unpaired) electrons. The quantitative estimate of drug-likeness (QED) is 0.669. The Hall–Kier alpha value is -1.71. The van der Waals surface area contributed by atoms with E-state index in [9.17, 15) is 4.79 Å². The molecule has 0 heterocycles. The first-order valence-electron chi connectivity index (χ1n) is 6.94. The fourth-order valence-electron chi connectivity index (χ4n) is 2.38. The maximum absolute atomic E-state index is 11.9. The third kappa shape index (κ3) is 3.63. The van der Waals surface area contributed by atoms with Gasteiger partial charge in [0.05, 0.1) is 12.7 Å². The van der Waals surface area contributed by atoms with Crippen molar-refractivity contribution in [1.82, 2.24) is 0 Å². The van der Waals surface area contributed by atoms with Crippen LogP contribution in [-0.4, -0.2) is 18.7 Å². The molecule has 0 atom stereocenters. The molecule has 0 spiro atoms. The van der Waals surface area contributed by atoms with Gasteiger partial charge in [-0.2, -0.15) is 0 Å². The Labute approximate surface area is 113 Å². The van der Waals surface area contributed by atoms with Crippen LogP contribution in [0.1, 0.15) is 49.4 Å². The first-order valence-corrected chi connectivity index (χ1v) is 6.94. The molecule has 0 bridgehead atoms. The zero-order valence-electron chi connectivity index (χ0n) is 11.4. The number of ether oxygens (including phenoxy) is 2. The first-order chi connectivity index (χ1) is 9.20. The standard InChI is InChI=1S/C15H21NO3/c1-2-18-15(17)13-10-11(16)8-9-14(13)19-12-6-4-3-5-7-12/h8-10,12H,2-7,16H2,1H3. The molecular weight excluding hydrogens is 242 g/mol. The van der Waals surface area contributed by atoms with Crippen molar-refractivity contribution in [2.75, 3.05) is 12.3 Å². The second-order valence-electron chi connectivity index (χ2n) is 4.85. The van der Waals surface area contributed by atoms with Crippen molar-refractivity contribution >= 4 is 11.7 Å². The van der Waals surface area contributed by atoms with E-state index in [1.165, 1.54) is 19.3 Å². The molecule has 2 rings (SSSR count). The van der Waals surface area contributed by atoms with E-state index in [4.69, 9.17) is 15.2 Å². The third-order valence-corrected chi connectivity index (χ3v) is 3.34. The average molecular weight is 263 g/mol. The Balaban J connectivity index is 2.15. The van der Waals surface area contributed by atoms with Gasteiger partial charge < -0.3 is 15.2 Å². The van der Waals surface area contributed by atoms with Crippen molar-refractivity contribution < 1.29 is 14.3 Å². The monoisotopic (exact) mass is 263 g/mol. The van der Waals surface area contributed by atoms with E-state index in [0.29, 0.717) is 23.6 Å². The van der Waals surface area contributed by atoms with Gasteiger partial charge in [0.25, 0.3) is 0 Å². The summed E-state index contributed by atoms with van der Waals surface area (Å²) in [6.45, 7) is 2.13. The van der Waals surface area contributed by atoms with Gasteiger partial charge in [0.1, 0.15) is 11.3 Å².